The van der Waals surface area contributed by atoms with Crippen molar-refractivity contribution in [1.82, 2.24) is 10.6 Å². The molecular weight excluding hydrogens is 232 g/mol. The van der Waals surface area contributed by atoms with Crippen molar-refractivity contribution in [2.24, 2.45) is 17.8 Å². The highest BCUT2D eigenvalue weighted by atomic mass is 16.4. The maximum absolute atomic E-state index is 12.2. The Kier molecular flexibility index (Phi) is 3.90. The first-order valence-electron chi connectivity index (χ1n) is 6.77. The first-order chi connectivity index (χ1) is 8.50. The van der Waals surface area contributed by atoms with E-state index in [2.05, 4.69) is 10.6 Å². The summed E-state index contributed by atoms with van der Waals surface area (Å²) in [6.45, 7) is 4.50. The molecular formula is C13H22N2O3. The van der Waals surface area contributed by atoms with Crippen LogP contribution in [0.1, 0.15) is 33.1 Å². The van der Waals surface area contributed by atoms with Gasteiger partial charge in [-0.25, -0.2) is 4.79 Å². The smallest absolute Gasteiger partial charge is 0.326 e. The fourth-order valence-corrected chi connectivity index (χ4v) is 3.23. The van der Waals surface area contributed by atoms with E-state index in [4.69, 9.17) is 5.11 Å². The van der Waals surface area contributed by atoms with Gasteiger partial charge in [-0.3, -0.25) is 4.79 Å². The molecule has 2 fully saturated rings. The number of nitrogens with one attached hydrogen (secondary N) is 2. The van der Waals surface area contributed by atoms with Crippen LogP contribution >= 0.6 is 0 Å². The van der Waals surface area contributed by atoms with Crippen LogP contribution in [-0.2, 0) is 9.59 Å². The van der Waals surface area contributed by atoms with Crippen LogP contribution < -0.4 is 10.6 Å². The average molecular weight is 254 g/mol. The third-order valence-corrected chi connectivity index (χ3v) is 4.26. The van der Waals surface area contributed by atoms with E-state index >= 15 is 0 Å². The molecule has 0 aromatic rings. The van der Waals surface area contributed by atoms with E-state index in [1.807, 2.05) is 0 Å². The highest BCUT2D eigenvalue weighted by molar-refractivity contribution is 5.87. The van der Waals surface area contributed by atoms with Crippen LogP contribution in [0.5, 0.6) is 0 Å². The van der Waals surface area contributed by atoms with Gasteiger partial charge in [0.05, 0.1) is 6.04 Å². The molecule has 2 rings (SSSR count). The molecule has 5 heteroatoms. The van der Waals surface area contributed by atoms with Gasteiger partial charge in [0.25, 0.3) is 0 Å². The third kappa shape index (κ3) is 2.51. The number of amides is 1. The zero-order chi connectivity index (χ0) is 13.3. The molecule has 4 unspecified atom stereocenters. The van der Waals surface area contributed by atoms with Gasteiger partial charge in [-0.05, 0) is 37.1 Å². The van der Waals surface area contributed by atoms with Crippen molar-refractivity contribution in [3.63, 3.8) is 0 Å². The molecule has 1 saturated heterocycles. The summed E-state index contributed by atoms with van der Waals surface area (Å²) >= 11 is 0. The maximum Gasteiger partial charge on any atom is 0.326 e. The van der Waals surface area contributed by atoms with E-state index in [0.29, 0.717) is 11.8 Å². The minimum atomic E-state index is -0.959. The van der Waals surface area contributed by atoms with E-state index in [1.165, 1.54) is 12.8 Å². The maximum atomic E-state index is 12.2. The first-order valence-corrected chi connectivity index (χ1v) is 6.77. The lowest BCUT2D eigenvalue weighted by Gasteiger charge is -2.23. The van der Waals surface area contributed by atoms with Crippen molar-refractivity contribution in [3.8, 4) is 0 Å². The molecule has 3 N–H and O–H groups in total. The molecule has 1 aliphatic carbocycles. The molecule has 2 aliphatic rings. The van der Waals surface area contributed by atoms with Gasteiger partial charge in [0.1, 0.15) is 6.04 Å². The Morgan fingerprint density at radius 1 is 1.33 bits per heavy atom. The number of carbonyl (C=O) groups is 2. The lowest BCUT2D eigenvalue weighted by Crippen LogP contribution is -2.52. The predicted molar refractivity (Wildman–Crippen MR) is 67.0 cm³/mol. The van der Waals surface area contributed by atoms with Gasteiger partial charge in [0.2, 0.25) is 5.91 Å². The Hall–Kier alpha value is -1.10. The summed E-state index contributed by atoms with van der Waals surface area (Å²) < 4.78 is 0. The van der Waals surface area contributed by atoms with Gasteiger partial charge >= 0.3 is 5.97 Å². The first kappa shape index (κ1) is 13.3. The molecule has 5 nitrogen and oxygen atoms in total. The van der Waals surface area contributed by atoms with Crippen LogP contribution in [0, 0.1) is 17.8 Å². The van der Waals surface area contributed by atoms with Crippen molar-refractivity contribution >= 4 is 11.9 Å². The summed E-state index contributed by atoms with van der Waals surface area (Å²) in [7, 11) is 0. The second-order valence-corrected chi connectivity index (χ2v) is 5.81. The molecule has 1 saturated carbocycles. The van der Waals surface area contributed by atoms with Gasteiger partial charge in [0, 0.05) is 0 Å². The minimum absolute atomic E-state index is 0.104. The molecule has 1 aliphatic heterocycles. The molecule has 1 amide bonds. The van der Waals surface area contributed by atoms with Crippen molar-refractivity contribution in [2.45, 2.75) is 45.2 Å². The van der Waals surface area contributed by atoms with E-state index in [1.54, 1.807) is 13.8 Å². The fraction of sp³-hybridized carbons (Fsp3) is 0.846. The fourth-order valence-electron chi connectivity index (χ4n) is 3.23. The SMILES string of the molecule is CC(C)C(NC(=O)C1NCC2CCCC21)C(=O)O. The zero-order valence-corrected chi connectivity index (χ0v) is 11.0. The Morgan fingerprint density at radius 2 is 2.06 bits per heavy atom. The van der Waals surface area contributed by atoms with Crippen LogP contribution in [0.25, 0.3) is 0 Å². The number of carbonyl (C=O) groups excluding carboxylic acids is 1. The third-order valence-electron chi connectivity index (χ3n) is 4.26. The molecule has 18 heavy (non-hydrogen) atoms. The number of carboxylic acids is 1. The number of fused-ring (bicyclic) bond motifs is 1. The van der Waals surface area contributed by atoms with Crippen LogP contribution in [0.3, 0.4) is 0 Å². The van der Waals surface area contributed by atoms with Crippen molar-refractivity contribution in [3.05, 3.63) is 0 Å². The topological polar surface area (TPSA) is 78.4 Å². The molecule has 0 bridgehead atoms. The van der Waals surface area contributed by atoms with E-state index in [-0.39, 0.29) is 17.9 Å². The summed E-state index contributed by atoms with van der Waals surface area (Å²) in [5, 5.41) is 15.0. The highest BCUT2D eigenvalue weighted by Crippen LogP contribution is 2.37. The Bertz CT molecular complexity index is 343. The van der Waals surface area contributed by atoms with Crippen LogP contribution in [-0.4, -0.2) is 35.6 Å². The largest absolute Gasteiger partial charge is 0.480 e. The summed E-state index contributed by atoms with van der Waals surface area (Å²) in [6, 6.07) is -0.988. The summed E-state index contributed by atoms with van der Waals surface area (Å²) in [5.74, 6) is -0.216. The van der Waals surface area contributed by atoms with Crippen molar-refractivity contribution in [1.29, 1.82) is 0 Å². The summed E-state index contributed by atoms with van der Waals surface area (Å²) in [6.07, 6.45) is 3.45. The number of aliphatic carboxylic acids is 1. The second kappa shape index (κ2) is 5.26. The number of hydrogen-bond acceptors (Lipinski definition) is 3. The number of carboxylic acid groups (broad SMARTS) is 1. The average Bonchev–Trinajstić information content (AvgIpc) is 2.85. The predicted octanol–water partition coefficient (Wildman–Crippen LogP) is 0.600. The van der Waals surface area contributed by atoms with Crippen molar-refractivity contribution < 1.29 is 14.7 Å². The Balaban J connectivity index is 1.97. The minimum Gasteiger partial charge on any atom is -0.480 e. The molecule has 0 aromatic carbocycles. The lowest BCUT2D eigenvalue weighted by molar-refractivity contribution is -0.143. The molecule has 0 radical (unpaired) electrons. The highest BCUT2D eigenvalue weighted by Gasteiger charge is 2.43. The summed E-state index contributed by atoms with van der Waals surface area (Å²) in [5.41, 5.74) is 0. The number of hydrogen-bond donors (Lipinski definition) is 3. The second-order valence-electron chi connectivity index (χ2n) is 5.81. The Labute approximate surface area is 107 Å². The van der Waals surface area contributed by atoms with Gasteiger partial charge in [-0.15, -0.1) is 0 Å². The lowest BCUT2D eigenvalue weighted by atomic mass is 9.93. The molecule has 4 atom stereocenters. The molecule has 102 valence electrons. The molecule has 0 spiro atoms. The molecule has 1 heterocycles. The number of rotatable bonds is 4. The van der Waals surface area contributed by atoms with E-state index in [9.17, 15) is 9.59 Å². The van der Waals surface area contributed by atoms with Gasteiger partial charge < -0.3 is 15.7 Å². The normalized spacial score (nSPS) is 32.3. The quantitative estimate of drug-likeness (QED) is 0.686. The monoisotopic (exact) mass is 254 g/mol. The van der Waals surface area contributed by atoms with Crippen LogP contribution in [0.4, 0.5) is 0 Å². The van der Waals surface area contributed by atoms with Crippen molar-refractivity contribution in [2.75, 3.05) is 6.54 Å². The van der Waals surface area contributed by atoms with E-state index < -0.39 is 12.0 Å². The van der Waals surface area contributed by atoms with Gasteiger partial charge in [-0.2, -0.15) is 0 Å². The van der Waals surface area contributed by atoms with Crippen LogP contribution in [0.2, 0.25) is 0 Å². The van der Waals surface area contributed by atoms with Crippen LogP contribution in [0.15, 0.2) is 0 Å². The van der Waals surface area contributed by atoms with Gasteiger partial charge in [-0.1, -0.05) is 20.3 Å². The Morgan fingerprint density at radius 3 is 2.67 bits per heavy atom. The van der Waals surface area contributed by atoms with E-state index in [0.717, 1.165) is 13.0 Å². The zero-order valence-electron chi connectivity index (χ0n) is 11.0. The standard InChI is InChI=1S/C13H22N2O3/c1-7(2)10(13(17)18)15-12(16)11-9-5-3-4-8(9)6-14-11/h7-11,14H,3-6H2,1-2H3,(H,15,16)(H,17,18). The summed E-state index contributed by atoms with van der Waals surface area (Å²) in [4.78, 5) is 23.3. The molecule has 0 aromatic heterocycles. The van der Waals surface area contributed by atoms with Gasteiger partial charge in [0.15, 0.2) is 0 Å².